The average molecular weight is 281 g/mol. The van der Waals surface area contributed by atoms with Crippen LogP contribution in [0.2, 0.25) is 0 Å². The highest BCUT2D eigenvalue weighted by Crippen LogP contribution is 2.08. The summed E-state index contributed by atoms with van der Waals surface area (Å²) in [5.41, 5.74) is 1.00. The van der Waals surface area contributed by atoms with Crippen molar-refractivity contribution in [3.05, 3.63) is 31.1 Å². The van der Waals surface area contributed by atoms with Crippen LogP contribution in [0.15, 0.2) is 31.1 Å². The molecule has 5 heteroatoms. The van der Waals surface area contributed by atoms with Gasteiger partial charge < -0.3 is 0 Å². The van der Waals surface area contributed by atoms with Crippen LogP contribution >= 0.6 is 0 Å². The van der Waals surface area contributed by atoms with Gasteiger partial charge in [-0.2, -0.15) is 10.2 Å². The lowest BCUT2D eigenvalue weighted by Gasteiger charge is -2.05. The van der Waals surface area contributed by atoms with Crippen LogP contribution in [0.5, 0.6) is 0 Å². The lowest BCUT2D eigenvalue weighted by atomic mass is 10.0. The van der Waals surface area contributed by atoms with E-state index in [2.05, 4.69) is 80.8 Å². The fourth-order valence-electron chi connectivity index (χ4n) is 0.382. The Morgan fingerprint density at radius 3 is 1.35 bits per heavy atom. The van der Waals surface area contributed by atoms with Crippen molar-refractivity contribution in [3.63, 3.8) is 0 Å². The van der Waals surface area contributed by atoms with Crippen molar-refractivity contribution in [2.45, 2.75) is 55.4 Å². The normalized spacial score (nSPS) is 10.0. The molecule has 0 aliphatic rings. The number of hydrogen-bond donors (Lipinski definition) is 2. The summed E-state index contributed by atoms with van der Waals surface area (Å²) in [7, 11) is 0. The number of aromatic nitrogens is 5. The SMILES string of the molecule is CC(C)(C)C.CC(C)(C)C.c1cn[nH]c1.c1nc[nH]n1. The number of nitrogens with one attached hydrogen (secondary N) is 2. The van der Waals surface area contributed by atoms with Gasteiger partial charge in [0, 0.05) is 12.4 Å². The van der Waals surface area contributed by atoms with Crippen molar-refractivity contribution in [2.75, 3.05) is 0 Å². The number of nitrogens with zero attached hydrogens (tertiary/aromatic N) is 3. The van der Waals surface area contributed by atoms with Gasteiger partial charge >= 0.3 is 0 Å². The molecule has 2 N–H and O–H groups in total. The Morgan fingerprint density at radius 1 is 0.750 bits per heavy atom. The van der Waals surface area contributed by atoms with Gasteiger partial charge in [-0.05, 0) is 16.9 Å². The van der Waals surface area contributed by atoms with Crippen LogP contribution in [0.4, 0.5) is 0 Å². The number of rotatable bonds is 0. The van der Waals surface area contributed by atoms with E-state index in [0.29, 0.717) is 10.8 Å². The van der Waals surface area contributed by atoms with Crippen LogP contribution in [0.3, 0.4) is 0 Å². The molecule has 0 saturated heterocycles. The molecule has 2 aromatic rings. The van der Waals surface area contributed by atoms with Crippen LogP contribution in [-0.4, -0.2) is 25.4 Å². The van der Waals surface area contributed by atoms with Crippen LogP contribution in [0, 0.1) is 10.8 Å². The standard InChI is InChI=1S/2C5H12.C3H4N2.C2H3N3/c2*1-5(2,3)4;1-2-4-5-3-1;1-3-2-5-4-1/h2*1-4H3;1-3H,(H,4,5);1-2H,(H,3,4,5). The van der Waals surface area contributed by atoms with Gasteiger partial charge in [0.1, 0.15) is 12.7 Å². The second-order valence-corrected chi connectivity index (χ2v) is 7.42. The summed E-state index contributed by atoms with van der Waals surface area (Å²) in [6.07, 6.45) is 6.42. The van der Waals surface area contributed by atoms with Gasteiger partial charge in [0.2, 0.25) is 0 Å². The van der Waals surface area contributed by atoms with E-state index in [4.69, 9.17) is 0 Å². The summed E-state index contributed by atoms with van der Waals surface area (Å²) in [5.74, 6) is 0. The van der Waals surface area contributed by atoms with Crippen molar-refractivity contribution < 1.29 is 0 Å². The lowest BCUT2D eigenvalue weighted by molar-refractivity contribution is 0.469. The van der Waals surface area contributed by atoms with E-state index in [0.717, 1.165) is 0 Å². The van der Waals surface area contributed by atoms with E-state index in [9.17, 15) is 0 Å². The predicted octanol–water partition coefficient (Wildman–Crippen LogP) is 4.32. The minimum absolute atomic E-state index is 0.500. The molecule has 2 aromatic heterocycles. The number of aromatic amines is 2. The Kier molecular flexibility index (Phi) is 11.6. The fraction of sp³-hybridized carbons (Fsp3) is 0.667. The first-order chi connectivity index (χ1) is 9.00. The molecule has 0 radical (unpaired) electrons. The first-order valence-corrected chi connectivity index (χ1v) is 6.72. The Morgan fingerprint density at radius 2 is 1.25 bits per heavy atom. The van der Waals surface area contributed by atoms with E-state index in [1.165, 1.54) is 12.7 Å². The minimum Gasteiger partial charge on any atom is -0.286 e. The molecule has 0 aromatic carbocycles. The smallest absolute Gasteiger partial charge is 0.137 e. The van der Waals surface area contributed by atoms with Crippen molar-refractivity contribution in [2.24, 2.45) is 10.8 Å². The Labute approximate surface area is 123 Å². The molecule has 0 saturated carbocycles. The van der Waals surface area contributed by atoms with E-state index in [1.807, 2.05) is 6.07 Å². The molecule has 2 heterocycles. The summed E-state index contributed by atoms with van der Waals surface area (Å²) in [5, 5.41) is 12.2. The summed E-state index contributed by atoms with van der Waals surface area (Å²) < 4.78 is 0. The topological polar surface area (TPSA) is 70.2 Å². The second-order valence-electron chi connectivity index (χ2n) is 7.42. The Hall–Kier alpha value is -1.65. The van der Waals surface area contributed by atoms with E-state index in [1.54, 1.807) is 12.4 Å². The molecule has 0 unspecified atom stereocenters. The molecule has 0 bridgehead atoms. The summed E-state index contributed by atoms with van der Waals surface area (Å²) in [6.45, 7) is 17.5. The van der Waals surface area contributed by atoms with Gasteiger partial charge in [0.15, 0.2) is 0 Å². The van der Waals surface area contributed by atoms with Gasteiger partial charge in [-0.3, -0.25) is 10.2 Å². The molecule has 116 valence electrons. The molecule has 20 heavy (non-hydrogen) atoms. The maximum atomic E-state index is 3.60. The minimum atomic E-state index is 0.500. The maximum Gasteiger partial charge on any atom is 0.137 e. The lowest BCUT2D eigenvalue weighted by Crippen LogP contribution is -1.93. The maximum absolute atomic E-state index is 3.60. The third-order valence-corrected chi connectivity index (χ3v) is 0.737. The van der Waals surface area contributed by atoms with Crippen LogP contribution in [0.1, 0.15) is 55.4 Å². The Balaban J connectivity index is 0. The van der Waals surface area contributed by atoms with Crippen molar-refractivity contribution in [3.8, 4) is 0 Å². The first-order valence-electron chi connectivity index (χ1n) is 6.72. The van der Waals surface area contributed by atoms with Crippen molar-refractivity contribution in [1.29, 1.82) is 0 Å². The quantitative estimate of drug-likeness (QED) is 0.755. The van der Waals surface area contributed by atoms with E-state index < -0.39 is 0 Å². The zero-order valence-electron chi connectivity index (χ0n) is 14.2. The molecule has 0 aliphatic carbocycles. The third kappa shape index (κ3) is 55.3. The second kappa shape index (κ2) is 11.2. The molecule has 0 aliphatic heterocycles. The number of H-pyrrole nitrogens is 2. The molecular formula is C15H31N5. The van der Waals surface area contributed by atoms with Crippen LogP contribution in [0.25, 0.3) is 0 Å². The summed E-state index contributed by atoms with van der Waals surface area (Å²) in [4.78, 5) is 3.56. The number of hydrogen-bond acceptors (Lipinski definition) is 3. The third-order valence-electron chi connectivity index (χ3n) is 0.737. The summed E-state index contributed by atoms with van der Waals surface area (Å²) >= 11 is 0. The van der Waals surface area contributed by atoms with Gasteiger partial charge in [0.05, 0.1) is 0 Å². The monoisotopic (exact) mass is 281 g/mol. The molecule has 0 atom stereocenters. The average Bonchev–Trinajstić information content (AvgIpc) is 2.92. The van der Waals surface area contributed by atoms with Crippen LogP contribution in [-0.2, 0) is 0 Å². The molecule has 0 amide bonds. The van der Waals surface area contributed by atoms with E-state index >= 15 is 0 Å². The van der Waals surface area contributed by atoms with Crippen molar-refractivity contribution >= 4 is 0 Å². The van der Waals surface area contributed by atoms with E-state index in [-0.39, 0.29) is 0 Å². The van der Waals surface area contributed by atoms with Gasteiger partial charge in [-0.25, -0.2) is 4.98 Å². The highest BCUT2D eigenvalue weighted by atomic mass is 15.2. The largest absolute Gasteiger partial charge is 0.286 e. The highest BCUT2D eigenvalue weighted by molar-refractivity contribution is 4.72. The molecule has 0 fully saturated rings. The molecular weight excluding hydrogens is 250 g/mol. The zero-order valence-corrected chi connectivity index (χ0v) is 14.2. The fourth-order valence-corrected chi connectivity index (χ4v) is 0.382. The zero-order chi connectivity index (χ0) is 16.1. The molecule has 2 rings (SSSR count). The highest BCUT2D eigenvalue weighted by Gasteiger charge is 1.96. The predicted molar refractivity (Wildman–Crippen MR) is 85.2 cm³/mol. The van der Waals surface area contributed by atoms with Gasteiger partial charge in [0.25, 0.3) is 0 Å². The van der Waals surface area contributed by atoms with Crippen LogP contribution < -0.4 is 0 Å². The first kappa shape index (κ1) is 20.7. The Bertz CT molecular complexity index is 267. The van der Waals surface area contributed by atoms with Gasteiger partial charge in [-0.15, -0.1) is 0 Å². The molecule has 5 nitrogen and oxygen atoms in total. The summed E-state index contributed by atoms with van der Waals surface area (Å²) in [6, 6.07) is 1.83. The molecule has 0 spiro atoms. The van der Waals surface area contributed by atoms with Gasteiger partial charge in [-0.1, -0.05) is 55.4 Å². The van der Waals surface area contributed by atoms with Crippen molar-refractivity contribution in [1.82, 2.24) is 25.4 Å².